The van der Waals surface area contributed by atoms with Gasteiger partial charge in [0.25, 0.3) is 0 Å². The summed E-state index contributed by atoms with van der Waals surface area (Å²) >= 11 is 5.85. The average Bonchev–Trinajstić information content (AvgIpc) is 3.11. The standard InChI is InChI=1S/C17H20ClN7O2S.HI/c1-19-17(21-12-16-24-23-15-7-2-3-10-25(15)16)20-8-9-22-28(26,27)14-6-4-5-13(18)11-14;/h2-7,10-11,22H,8-9,12H2,1H3,(H2,19,20,21);1H. The van der Waals surface area contributed by atoms with E-state index in [4.69, 9.17) is 11.6 Å². The summed E-state index contributed by atoms with van der Waals surface area (Å²) in [5, 5.41) is 14.8. The summed E-state index contributed by atoms with van der Waals surface area (Å²) in [5.74, 6) is 1.26. The van der Waals surface area contributed by atoms with Crippen LogP contribution in [0.5, 0.6) is 0 Å². The molecular weight excluding hydrogens is 529 g/mol. The van der Waals surface area contributed by atoms with Crippen molar-refractivity contribution in [3.63, 3.8) is 0 Å². The minimum Gasteiger partial charge on any atom is -0.355 e. The summed E-state index contributed by atoms with van der Waals surface area (Å²) in [4.78, 5) is 4.24. The van der Waals surface area contributed by atoms with Crippen molar-refractivity contribution in [3.8, 4) is 0 Å². The van der Waals surface area contributed by atoms with E-state index in [0.717, 1.165) is 11.5 Å². The van der Waals surface area contributed by atoms with Gasteiger partial charge >= 0.3 is 0 Å². The third-order valence-corrected chi connectivity index (χ3v) is 5.53. The third kappa shape index (κ3) is 6.26. The molecule has 1 aromatic carbocycles. The first-order valence-electron chi connectivity index (χ1n) is 8.48. The SMILES string of the molecule is CN=C(NCCNS(=O)(=O)c1cccc(Cl)c1)NCc1nnc2ccccn12.I. The van der Waals surface area contributed by atoms with Crippen LogP contribution in [0, 0.1) is 0 Å². The molecule has 0 unspecified atom stereocenters. The highest BCUT2D eigenvalue weighted by Crippen LogP contribution is 2.14. The molecule has 0 bridgehead atoms. The molecule has 2 aromatic heterocycles. The van der Waals surface area contributed by atoms with Gasteiger partial charge < -0.3 is 10.6 Å². The van der Waals surface area contributed by atoms with Crippen LogP contribution in [0.3, 0.4) is 0 Å². The highest BCUT2D eigenvalue weighted by molar-refractivity contribution is 14.0. The van der Waals surface area contributed by atoms with E-state index in [1.807, 2.05) is 28.8 Å². The topological polar surface area (TPSA) is 113 Å². The fraction of sp³-hybridized carbons (Fsp3) is 0.235. The molecular formula is C17H21ClIN7O2S. The lowest BCUT2D eigenvalue weighted by molar-refractivity contribution is 0.580. The van der Waals surface area contributed by atoms with Crippen molar-refractivity contribution < 1.29 is 8.42 Å². The first kappa shape index (κ1) is 23.3. The van der Waals surface area contributed by atoms with E-state index >= 15 is 0 Å². The van der Waals surface area contributed by atoms with E-state index in [2.05, 4.69) is 30.5 Å². The highest BCUT2D eigenvalue weighted by atomic mass is 127. The van der Waals surface area contributed by atoms with Gasteiger partial charge in [-0.1, -0.05) is 23.7 Å². The quantitative estimate of drug-likeness (QED) is 0.179. The predicted octanol–water partition coefficient (Wildman–Crippen LogP) is 1.64. The monoisotopic (exact) mass is 549 g/mol. The predicted molar refractivity (Wildman–Crippen MR) is 123 cm³/mol. The number of pyridine rings is 1. The number of guanidine groups is 1. The first-order valence-corrected chi connectivity index (χ1v) is 10.3. The molecule has 156 valence electrons. The molecule has 0 atom stereocenters. The maximum absolute atomic E-state index is 12.2. The number of hydrogen-bond donors (Lipinski definition) is 3. The molecule has 29 heavy (non-hydrogen) atoms. The van der Waals surface area contributed by atoms with Gasteiger partial charge in [0, 0.05) is 31.4 Å². The van der Waals surface area contributed by atoms with E-state index in [-0.39, 0.29) is 35.4 Å². The van der Waals surface area contributed by atoms with Crippen molar-refractivity contribution in [1.29, 1.82) is 0 Å². The maximum Gasteiger partial charge on any atom is 0.240 e. The van der Waals surface area contributed by atoms with Crippen LogP contribution >= 0.6 is 35.6 Å². The minimum atomic E-state index is -3.62. The lowest BCUT2D eigenvalue weighted by Gasteiger charge is -2.12. The van der Waals surface area contributed by atoms with E-state index in [0.29, 0.717) is 24.1 Å². The van der Waals surface area contributed by atoms with Crippen molar-refractivity contribution in [2.24, 2.45) is 4.99 Å². The number of halogens is 2. The summed E-state index contributed by atoms with van der Waals surface area (Å²) in [5.41, 5.74) is 0.762. The van der Waals surface area contributed by atoms with E-state index in [9.17, 15) is 8.42 Å². The number of aliphatic imine (C=N–C) groups is 1. The average molecular weight is 550 g/mol. The van der Waals surface area contributed by atoms with Gasteiger partial charge in [0.15, 0.2) is 17.4 Å². The number of rotatable bonds is 7. The molecule has 9 nitrogen and oxygen atoms in total. The zero-order valence-electron chi connectivity index (χ0n) is 15.5. The number of hydrogen-bond acceptors (Lipinski definition) is 5. The fourth-order valence-electron chi connectivity index (χ4n) is 2.48. The Balaban J connectivity index is 0.00000300. The van der Waals surface area contributed by atoms with Gasteiger partial charge in [-0.15, -0.1) is 34.2 Å². The Labute approximate surface area is 191 Å². The van der Waals surface area contributed by atoms with Gasteiger partial charge in [-0.05, 0) is 30.3 Å². The second-order valence-corrected chi connectivity index (χ2v) is 7.96. The summed E-state index contributed by atoms with van der Waals surface area (Å²) < 4.78 is 28.9. The molecule has 0 fully saturated rings. The molecule has 0 radical (unpaired) electrons. The van der Waals surface area contributed by atoms with Crippen molar-refractivity contribution >= 4 is 57.2 Å². The molecule has 3 N–H and O–H groups in total. The zero-order valence-corrected chi connectivity index (χ0v) is 19.4. The van der Waals surface area contributed by atoms with Crippen LogP contribution in [0.15, 0.2) is 58.5 Å². The fourth-order valence-corrected chi connectivity index (χ4v) is 3.81. The molecule has 12 heteroatoms. The first-order chi connectivity index (χ1) is 13.5. The Hall–Kier alpha value is -1.96. The number of nitrogens with one attached hydrogen (secondary N) is 3. The summed E-state index contributed by atoms with van der Waals surface area (Å²) in [6.07, 6.45) is 1.88. The molecule has 0 aliphatic carbocycles. The lowest BCUT2D eigenvalue weighted by Crippen LogP contribution is -2.41. The van der Waals surface area contributed by atoms with Crippen LogP contribution in [0.25, 0.3) is 5.65 Å². The van der Waals surface area contributed by atoms with Crippen molar-refractivity contribution in [2.75, 3.05) is 20.1 Å². The molecule has 0 saturated carbocycles. The minimum absolute atomic E-state index is 0. The highest BCUT2D eigenvalue weighted by Gasteiger charge is 2.13. The summed E-state index contributed by atoms with van der Waals surface area (Å²) in [6, 6.07) is 11.8. The Bertz CT molecular complexity index is 1090. The van der Waals surface area contributed by atoms with Crippen LogP contribution in [0.2, 0.25) is 5.02 Å². The van der Waals surface area contributed by atoms with Crippen LogP contribution in [-0.2, 0) is 16.6 Å². The Morgan fingerprint density at radius 1 is 1.14 bits per heavy atom. The number of aromatic nitrogens is 3. The summed E-state index contributed by atoms with van der Waals surface area (Å²) in [7, 11) is -1.98. The number of sulfonamides is 1. The summed E-state index contributed by atoms with van der Waals surface area (Å²) in [6.45, 7) is 0.947. The number of benzene rings is 1. The van der Waals surface area contributed by atoms with Crippen LogP contribution in [0.1, 0.15) is 5.82 Å². The van der Waals surface area contributed by atoms with Gasteiger partial charge in [0.2, 0.25) is 10.0 Å². The molecule has 3 rings (SSSR count). The maximum atomic E-state index is 12.2. The normalized spacial score (nSPS) is 11.9. The molecule has 3 aromatic rings. The van der Waals surface area contributed by atoms with Crippen LogP contribution in [-0.4, -0.2) is 49.1 Å². The van der Waals surface area contributed by atoms with E-state index in [1.165, 1.54) is 12.1 Å². The molecule has 2 heterocycles. The van der Waals surface area contributed by atoms with E-state index in [1.54, 1.807) is 19.2 Å². The molecule has 0 spiro atoms. The molecule has 0 aliphatic rings. The Morgan fingerprint density at radius 3 is 2.72 bits per heavy atom. The second kappa shape index (κ2) is 10.7. The van der Waals surface area contributed by atoms with Crippen LogP contribution in [0.4, 0.5) is 0 Å². The lowest BCUT2D eigenvalue weighted by atomic mass is 10.4. The van der Waals surface area contributed by atoms with Gasteiger partial charge in [0.05, 0.1) is 11.4 Å². The van der Waals surface area contributed by atoms with Crippen LogP contribution < -0.4 is 15.4 Å². The zero-order chi connectivity index (χ0) is 20.0. The smallest absolute Gasteiger partial charge is 0.240 e. The van der Waals surface area contributed by atoms with Gasteiger partial charge in [-0.2, -0.15) is 0 Å². The molecule has 0 aliphatic heterocycles. The van der Waals surface area contributed by atoms with Gasteiger partial charge in [-0.3, -0.25) is 9.39 Å². The van der Waals surface area contributed by atoms with Gasteiger partial charge in [0.1, 0.15) is 0 Å². The van der Waals surface area contributed by atoms with E-state index < -0.39 is 10.0 Å². The molecule has 0 saturated heterocycles. The van der Waals surface area contributed by atoms with Gasteiger partial charge in [-0.25, -0.2) is 13.1 Å². The molecule has 0 amide bonds. The Morgan fingerprint density at radius 2 is 1.97 bits per heavy atom. The largest absolute Gasteiger partial charge is 0.355 e. The van der Waals surface area contributed by atoms with Crippen molar-refractivity contribution in [2.45, 2.75) is 11.4 Å². The Kier molecular flexibility index (Phi) is 8.61. The van der Waals surface area contributed by atoms with Crippen molar-refractivity contribution in [1.82, 2.24) is 30.0 Å². The number of fused-ring (bicyclic) bond motifs is 1. The van der Waals surface area contributed by atoms with Crippen molar-refractivity contribution in [3.05, 3.63) is 59.5 Å². The number of nitrogens with zero attached hydrogens (tertiary/aromatic N) is 4. The third-order valence-electron chi connectivity index (χ3n) is 3.84. The second-order valence-electron chi connectivity index (χ2n) is 5.75.